The molecule has 92 valence electrons. The standard InChI is InChI=1S/C13H16O4/c1-15-13(14)10-4-6-11(7-5-10)17-9-12-3-2-8-16-12/h4-7,12H,2-3,8-9H2,1H3. The van der Waals surface area contributed by atoms with E-state index >= 15 is 0 Å². The van der Waals surface area contributed by atoms with Gasteiger partial charge in [0.1, 0.15) is 12.4 Å². The van der Waals surface area contributed by atoms with E-state index in [4.69, 9.17) is 9.47 Å². The topological polar surface area (TPSA) is 44.8 Å². The molecule has 0 radical (unpaired) electrons. The van der Waals surface area contributed by atoms with Gasteiger partial charge < -0.3 is 14.2 Å². The lowest BCUT2D eigenvalue weighted by molar-refractivity contribution is 0.0599. The summed E-state index contributed by atoms with van der Waals surface area (Å²) in [7, 11) is 1.37. The lowest BCUT2D eigenvalue weighted by atomic mass is 10.2. The molecule has 0 aromatic heterocycles. The van der Waals surface area contributed by atoms with Gasteiger partial charge in [0.15, 0.2) is 0 Å². The van der Waals surface area contributed by atoms with Crippen LogP contribution >= 0.6 is 0 Å². The number of hydrogen-bond donors (Lipinski definition) is 0. The van der Waals surface area contributed by atoms with Gasteiger partial charge in [0.05, 0.1) is 18.8 Å². The molecule has 1 aromatic rings. The second-order valence-corrected chi connectivity index (χ2v) is 3.96. The average Bonchev–Trinajstić information content (AvgIpc) is 2.89. The molecule has 4 heteroatoms. The van der Waals surface area contributed by atoms with Crippen LogP contribution in [0.2, 0.25) is 0 Å². The van der Waals surface area contributed by atoms with E-state index < -0.39 is 0 Å². The van der Waals surface area contributed by atoms with E-state index in [1.807, 2.05) is 0 Å². The Morgan fingerprint density at radius 1 is 1.41 bits per heavy atom. The van der Waals surface area contributed by atoms with Gasteiger partial charge in [-0.3, -0.25) is 0 Å². The summed E-state index contributed by atoms with van der Waals surface area (Å²) < 4.78 is 15.7. The summed E-state index contributed by atoms with van der Waals surface area (Å²) in [6.07, 6.45) is 2.37. The van der Waals surface area contributed by atoms with Crippen molar-refractivity contribution in [1.82, 2.24) is 0 Å². The smallest absolute Gasteiger partial charge is 0.337 e. The van der Waals surface area contributed by atoms with E-state index in [0.29, 0.717) is 12.2 Å². The van der Waals surface area contributed by atoms with Gasteiger partial charge in [-0.15, -0.1) is 0 Å². The number of methoxy groups -OCH3 is 1. The fourth-order valence-corrected chi connectivity index (χ4v) is 1.77. The normalized spacial score (nSPS) is 19.0. The van der Waals surface area contributed by atoms with E-state index in [2.05, 4.69) is 4.74 Å². The fraction of sp³-hybridized carbons (Fsp3) is 0.462. The minimum Gasteiger partial charge on any atom is -0.491 e. The molecular formula is C13H16O4. The Morgan fingerprint density at radius 2 is 2.18 bits per heavy atom. The number of ether oxygens (including phenoxy) is 3. The van der Waals surface area contributed by atoms with Crippen molar-refractivity contribution in [2.75, 3.05) is 20.3 Å². The van der Waals surface area contributed by atoms with Crippen LogP contribution < -0.4 is 4.74 Å². The van der Waals surface area contributed by atoms with Crippen LogP contribution in [0.3, 0.4) is 0 Å². The zero-order chi connectivity index (χ0) is 12.1. The number of hydrogen-bond acceptors (Lipinski definition) is 4. The van der Waals surface area contributed by atoms with Gasteiger partial charge in [-0.25, -0.2) is 4.79 Å². The van der Waals surface area contributed by atoms with Gasteiger partial charge in [0.25, 0.3) is 0 Å². The molecule has 0 N–H and O–H groups in total. The van der Waals surface area contributed by atoms with Crippen LogP contribution in [0.4, 0.5) is 0 Å². The number of benzene rings is 1. The van der Waals surface area contributed by atoms with E-state index in [1.54, 1.807) is 24.3 Å². The highest BCUT2D eigenvalue weighted by molar-refractivity contribution is 5.89. The Labute approximate surface area is 100 Å². The van der Waals surface area contributed by atoms with Gasteiger partial charge in [0.2, 0.25) is 0 Å². The van der Waals surface area contributed by atoms with Crippen molar-refractivity contribution >= 4 is 5.97 Å². The number of esters is 1. The Morgan fingerprint density at radius 3 is 2.76 bits per heavy atom. The summed E-state index contributed by atoms with van der Waals surface area (Å²) in [6, 6.07) is 6.91. The summed E-state index contributed by atoms with van der Waals surface area (Å²) >= 11 is 0. The maximum atomic E-state index is 11.2. The zero-order valence-corrected chi connectivity index (χ0v) is 9.85. The molecule has 0 amide bonds. The quantitative estimate of drug-likeness (QED) is 0.750. The highest BCUT2D eigenvalue weighted by Gasteiger charge is 2.16. The number of carbonyl (C=O) groups excluding carboxylic acids is 1. The molecular weight excluding hydrogens is 220 g/mol. The average molecular weight is 236 g/mol. The van der Waals surface area contributed by atoms with Crippen molar-refractivity contribution < 1.29 is 19.0 Å². The van der Waals surface area contributed by atoms with Crippen LogP contribution in [0, 0.1) is 0 Å². The molecule has 1 atom stereocenters. The van der Waals surface area contributed by atoms with Gasteiger partial charge in [0, 0.05) is 6.61 Å². The monoisotopic (exact) mass is 236 g/mol. The van der Waals surface area contributed by atoms with Crippen molar-refractivity contribution in [3.05, 3.63) is 29.8 Å². The maximum Gasteiger partial charge on any atom is 0.337 e. The molecule has 0 bridgehead atoms. The third kappa shape index (κ3) is 3.20. The van der Waals surface area contributed by atoms with Crippen LogP contribution in [0.1, 0.15) is 23.2 Å². The minimum atomic E-state index is -0.337. The summed E-state index contributed by atoms with van der Waals surface area (Å²) in [6.45, 7) is 1.40. The van der Waals surface area contributed by atoms with Gasteiger partial charge in [-0.1, -0.05) is 0 Å². The second-order valence-electron chi connectivity index (χ2n) is 3.96. The molecule has 1 fully saturated rings. The van der Waals surface area contributed by atoms with Gasteiger partial charge >= 0.3 is 5.97 Å². The molecule has 2 rings (SSSR count). The lowest BCUT2D eigenvalue weighted by Gasteiger charge is -2.11. The largest absolute Gasteiger partial charge is 0.491 e. The number of rotatable bonds is 4. The first kappa shape index (κ1) is 11.9. The zero-order valence-electron chi connectivity index (χ0n) is 9.85. The molecule has 4 nitrogen and oxygen atoms in total. The second kappa shape index (κ2) is 5.68. The van der Waals surface area contributed by atoms with Crippen LogP contribution in [-0.2, 0) is 9.47 Å². The molecule has 1 aliphatic heterocycles. The van der Waals surface area contributed by atoms with Crippen LogP contribution in [-0.4, -0.2) is 32.4 Å². The number of carbonyl (C=O) groups is 1. The first-order chi connectivity index (χ1) is 8.29. The SMILES string of the molecule is COC(=O)c1ccc(OCC2CCCO2)cc1. The highest BCUT2D eigenvalue weighted by Crippen LogP contribution is 2.16. The predicted octanol–water partition coefficient (Wildman–Crippen LogP) is 2.03. The minimum absolute atomic E-state index is 0.204. The van der Waals surface area contributed by atoms with Gasteiger partial charge in [-0.2, -0.15) is 0 Å². The lowest BCUT2D eigenvalue weighted by Crippen LogP contribution is -2.16. The Bertz CT molecular complexity index is 366. The molecule has 0 spiro atoms. The van der Waals surface area contributed by atoms with Crippen molar-refractivity contribution in [3.8, 4) is 5.75 Å². The Hall–Kier alpha value is -1.55. The molecule has 1 aliphatic rings. The highest BCUT2D eigenvalue weighted by atomic mass is 16.5. The fourth-order valence-electron chi connectivity index (χ4n) is 1.77. The van der Waals surface area contributed by atoms with Crippen molar-refractivity contribution in [3.63, 3.8) is 0 Å². The van der Waals surface area contributed by atoms with Crippen molar-refractivity contribution in [2.24, 2.45) is 0 Å². The molecule has 0 saturated carbocycles. The Balaban J connectivity index is 1.87. The molecule has 1 unspecified atom stereocenters. The maximum absolute atomic E-state index is 11.2. The van der Waals surface area contributed by atoms with E-state index in [0.717, 1.165) is 25.2 Å². The Kier molecular flexibility index (Phi) is 3.98. The molecule has 1 aromatic carbocycles. The molecule has 0 aliphatic carbocycles. The summed E-state index contributed by atoms with van der Waals surface area (Å²) in [5.74, 6) is 0.406. The molecule has 17 heavy (non-hydrogen) atoms. The summed E-state index contributed by atoms with van der Waals surface area (Å²) in [5.41, 5.74) is 0.525. The first-order valence-corrected chi connectivity index (χ1v) is 5.72. The molecule has 1 heterocycles. The summed E-state index contributed by atoms with van der Waals surface area (Å²) in [5, 5.41) is 0. The van der Waals surface area contributed by atoms with E-state index in [-0.39, 0.29) is 12.1 Å². The van der Waals surface area contributed by atoms with Gasteiger partial charge in [-0.05, 0) is 37.1 Å². The van der Waals surface area contributed by atoms with E-state index in [9.17, 15) is 4.79 Å². The van der Waals surface area contributed by atoms with Crippen molar-refractivity contribution in [1.29, 1.82) is 0 Å². The van der Waals surface area contributed by atoms with E-state index in [1.165, 1.54) is 7.11 Å². The molecule has 1 saturated heterocycles. The third-order valence-corrected chi connectivity index (χ3v) is 2.74. The first-order valence-electron chi connectivity index (χ1n) is 5.72. The predicted molar refractivity (Wildman–Crippen MR) is 62.3 cm³/mol. The van der Waals surface area contributed by atoms with Crippen LogP contribution in [0.15, 0.2) is 24.3 Å². The third-order valence-electron chi connectivity index (χ3n) is 2.74. The summed E-state index contributed by atoms with van der Waals surface area (Å²) in [4.78, 5) is 11.2. The van der Waals surface area contributed by atoms with Crippen molar-refractivity contribution in [2.45, 2.75) is 18.9 Å². The van der Waals surface area contributed by atoms with Crippen LogP contribution in [0.25, 0.3) is 0 Å². The van der Waals surface area contributed by atoms with Crippen LogP contribution in [0.5, 0.6) is 5.75 Å².